The molecule has 0 spiro atoms. The summed E-state index contributed by atoms with van der Waals surface area (Å²) in [7, 11) is 1.56. The van der Waals surface area contributed by atoms with Crippen molar-refractivity contribution < 1.29 is 9.84 Å². The fourth-order valence-corrected chi connectivity index (χ4v) is 1.35. The maximum Gasteiger partial charge on any atom is 0.0968 e. The van der Waals surface area contributed by atoms with Gasteiger partial charge in [0.15, 0.2) is 0 Å². The smallest absolute Gasteiger partial charge is 0.0968 e. The van der Waals surface area contributed by atoms with E-state index in [4.69, 9.17) is 4.74 Å². The minimum atomic E-state index is -0.504. The van der Waals surface area contributed by atoms with Crippen molar-refractivity contribution in [2.45, 2.75) is 19.6 Å². The second-order valence-electron chi connectivity index (χ2n) is 2.87. The van der Waals surface area contributed by atoms with Gasteiger partial charge in [0, 0.05) is 12.8 Å². The number of aliphatic hydroxyl groups is 1. The first-order chi connectivity index (χ1) is 6.15. The predicted molar refractivity (Wildman–Crippen MR) is 52.5 cm³/mol. The third-order valence-corrected chi connectivity index (χ3v) is 2.56. The van der Waals surface area contributed by atoms with Crippen LogP contribution in [0.4, 0.5) is 0 Å². The van der Waals surface area contributed by atoms with Crippen LogP contribution in [0.15, 0.2) is 10.7 Å². The minimum absolute atomic E-state index is 0.330. The highest BCUT2D eigenvalue weighted by Gasteiger charge is 2.08. The number of aliphatic hydroxyl groups excluding tert-OH is 1. The van der Waals surface area contributed by atoms with Gasteiger partial charge in [0.1, 0.15) is 0 Å². The number of nitrogens with zero attached hydrogens (tertiary/aromatic N) is 2. The molecule has 0 unspecified atom stereocenters. The summed E-state index contributed by atoms with van der Waals surface area (Å²) in [5.74, 6) is 0. The maximum absolute atomic E-state index is 9.44. The maximum atomic E-state index is 9.44. The van der Waals surface area contributed by atoms with E-state index >= 15 is 0 Å². The molecule has 0 saturated heterocycles. The number of rotatable bonds is 4. The Kier molecular flexibility index (Phi) is 3.90. The summed E-state index contributed by atoms with van der Waals surface area (Å²) >= 11 is 3.35. The van der Waals surface area contributed by atoms with Crippen LogP contribution in [0.3, 0.4) is 0 Å². The highest BCUT2D eigenvalue weighted by molar-refractivity contribution is 9.10. The Bertz CT molecular complexity index is 275. The molecule has 0 aliphatic heterocycles. The number of hydrogen-bond acceptors (Lipinski definition) is 3. The normalized spacial score (nSPS) is 13.2. The molecule has 1 heterocycles. The molecule has 74 valence electrons. The van der Waals surface area contributed by atoms with Crippen molar-refractivity contribution in [2.24, 2.45) is 0 Å². The zero-order chi connectivity index (χ0) is 9.84. The monoisotopic (exact) mass is 248 g/mol. The fourth-order valence-electron chi connectivity index (χ4n) is 1.05. The molecule has 0 bridgehead atoms. The standard InChI is InChI=1S/C8H13BrN2O2/c1-6-8(9)3-10-11(6)4-7(12)5-13-2/h3,7,12H,4-5H2,1-2H3/t7-/m1/s1. The number of halogens is 1. The van der Waals surface area contributed by atoms with Gasteiger partial charge in [-0.05, 0) is 22.9 Å². The lowest BCUT2D eigenvalue weighted by Gasteiger charge is -2.10. The van der Waals surface area contributed by atoms with Crippen LogP contribution < -0.4 is 0 Å². The SMILES string of the molecule is COC[C@H](O)Cn1ncc(Br)c1C. The quantitative estimate of drug-likeness (QED) is 0.864. The fraction of sp³-hybridized carbons (Fsp3) is 0.625. The van der Waals surface area contributed by atoms with Crippen LogP contribution in [0.5, 0.6) is 0 Å². The van der Waals surface area contributed by atoms with Crippen LogP contribution in [-0.4, -0.2) is 34.7 Å². The summed E-state index contributed by atoms with van der Waals surface area (Å²) in [6, 6.07) is 0. The number of aromatic nitrogens is 2. The van der Waals surface area contributed by atoms with E-state index in [9.17, 15) is 5.11 Å². The second kappa shape index (κ2) is 4.74. The van der Waals surface area contributed by atoms with E-state index in [-0.39, 0.29) is 0 Å². The lowest BCUT2D eigenvalue weighted by atomic mass is 10.3. The van der Waals surface area contributed by atoms with Gasteiger partial charge in [-0.25, -0.2) is 0 Å². The highest BCUT2D eigenvalue weighted by atomic mass is 79.9. The summed E-state index contributed by atoms with van der Waals surface area (Å²) in [6.07, 6.45) is 1.21. The second-order valence-corrected chi connectivity index (χ2v) is 3.72. The van der Waals surface area contributed by atoms with Crippen LogP contribution >= 0.6 is 15.9 Å². The summed E-state index contributed by atoms with van der Waals surface area (Å²) in [4.78, 5) is 0. The summed E-state index contributed by atoms with van der Waals surface area (Å²) in [6.45, 7) is 2.73. The molecule has 1 aromatic heterocycles. The van der Waals surface area contributed by atoms with E-state index in [2.05, 4.69) is 21.0 Å². The molecule has 13 heavy (non-hydrogen) atoms. The third-order valence-electron chi connectivity index (χ3n) is 1.79. The molecule has 4 nitrogen and oxygen atoms in total. The first-order valence-corrected chi connectivity index (χ1v) is 4.79. The lowest BCUT2D eigenvalue weighted by molar-refractivity contribution is 0.0510. The molecule has 0 amide bonds. The average molecular weight is 249 g/mol. The molecule has 1 rings (SSSR count). The van der Waals surface area contributed by atoms with E-state index in [1.54, 1.807) is 18.0 Å². The van der Waals surface area contributed by atoms with Crippen LogP contribution in [-0.2, 0) is 11.3 Å². The molecular weight excluding hydrogens is 236 g/mol. The Hall–Kier alpha value is -0.390. The van der Waals surface area contributed by atoms with Crippen LogP contribution in [0.25, 0.3) is 0 Å². The minimum Gasteiger partial charge on any atom is -0.389 e. The molecule has 1 atom stereocenters. The van der Waals surface area contributed by atoms with Gasteiger partial charge in [0.25, 0.3) is 0 Å². The molecule has 0 aromatic carbocycles. The molecule has 1 aromatic rings. The van der Waals surface area contributed by atoms with E-state index in [0.29, 0.717) is 13.2 Å². The van der Waals surface area contributed by atoms with Crippen molar-refractivity contribution >= 4 is 15.9 Å². The first-order valence-electron chi connectivity index (χ1n) is 4.00. The van der Waals surface area contributed by atoms with E-state index in [1.165, 1.54) is 0 Å². The third kappa shape index (κ3) is 2.79. The summed E-state index contributed by atoms with van der Waals surface area (Å²) < 4.78 is 7.52. The Morgan fingerprint density at radius 3 is 2.92 bits per heavy atom. The summed E-state index contributed by atoms with van der Waals surface area (Å²) in [5.41, 5.74) is 1.01. The van der Waals surface area contributed by atoms with Crippen LogP contribution in [0, 0.1) is 6.92 Å². The first kappa shape index (κ1) is 10.7. The molecule has 0 radical (unpaired) electrons. The van der Waals surface area contributed by atoms with Crippen LogP contribution in [0.1, 0.15) is 5.69 Å². The topological polar surface area (TPSA) is 47.3 Å². The van der Waals surface area contributed by atoms with E-state index < -0.39 is 6.10 Å². The molecule has 0 saturated carbocycles. The number of methoxy groups -OCH3 is 1. The van der Waals surface area contributed by atoms with Gasteiger partial charge in [-0.15, -0.1) is 0 Å². The van der Waals surface area contributed by atoms with Crippen molar-refractivity contribution in [1.82, 2.24) is 9.78 Å². The zero-order valence-corrected chi connectivity index (χ0v) is 9.28. The Morgan fingerprint density at radius 2 is 2.46 bits per heavy atom. The van der Waals surface area contributed by atoms with E-state index in [0.717, 1.165) is 10.2 Å². The molecule has 5 heteroatoms. The zero-order valence-electron chi connectivity index (χ0n) is 7.70. The Morgan fingerprint density at radius 1 is 1.77 bits per heavy atom. The number of hydrogen-bond donors (Lipinski definition) is 1. The predicted octanol–water partition coefficient (Wildman–Crippen LogP) is 0.961. The highest BCUT2D eigenvalue weighted by Crippen LogP contribution is 2.14. The van der Waals surface area contributed by atoms with Gasteiger partial charge >= 0.3 is 0 Å². The van der Waals surface area contributed by atoms with Crippen molar-refractivity contribution in [3.8, 4) is 0 Å². The summed E-state index contributed by atoms with van der Waals surface area (Å²) in [5, 5.41) is 13.5. The van der Waals surface area contributed by atoms with Gasteiger partial charge < -0.3 is 9.84 Å². The van der Waals surface area contributed by atoms with Crippen molar-refractivity contribution in [1.29, 1.82) is 0 Å². The molecule has 0 aliphatic rings. The molecular formula is C8H13BrN2O2. The van der Waals surface area contributed by atoms with Crippen molar-refractivity contribution in [3.63, 3.8) is 0 Å². The largest absolute Gasteiger partial charge is 0.389 e. The van der Waals surface area contributed by atoms with Gasteiger partial charge in [0.2, 0.25) is 0 Å². The van der Waals surface area contributed by atoms with Gasteiger partial charge in [0.05, 0.1) is 29.9 Å². The van der Waals surface area contributed by atoms with Crippen molar-refractivity contribution in [3.05, 3.63) is 16.4 Å². The van der Waals surface area contributed by atoms with Crippen molar-refractivity contribution in [2.75, 3.05) is 13.7 Å². The Labute approximate surface area is 85.6 Å². The van der Waals surface area contributed by atoms with Gasteiger partial charge in [-0.1, -0.05) is 0 Å². The Balaban J connectivity index is 2.58. The molecule has 1 N–H and O–H groups in total. The molecule has 0 aliphatic carbocycles. The number of ether oxygens (including phenoxy) is 1. The lowest BCUT2D eigenvalue weighted by Crippen LogP contribution is -2.22. The van der Waals surface area contributed by atoms with E-state index in [1.807, 2.05) is 6.92 Å². The molecule has 0 fully saturated rings. The van der Waals surface area contributed by atoms with Gasteiger partial charge in [-0.2, -0.15) is 5.10 Å². The van der Waals surface area contributed by atoms with Crippen LogP contribution in [0.2, 0.25) is 0 Å². The average Bonchev–Trinajstić information content (AvgIpc) is 2.37. The van der Waals surface area contributed by atoms with Gasteiger partial charge in [-0.3, -0.25) is 4.68 Å².